The van der Waals surface area contributed by atoms with E-state index in [0.29, 0.717) is 40.6 Å². The lowest BCUT2D eigenvalue weighted by Gasteiger charge is -2.32. The Morgan fingerprint density at radius 2 is 1.84 bits per heavy atom. The van der Waals surface area contributed by atoms with Crippen LogP contribution in [0.15, 0.2) is 46.5 Å². The summed E-state index contributed by atoms with van der Waals surface area (Å²) in [7, 11) is -1.82. The highest BCUT2D eigenvalue weighted by Gasteiger charge is 2.25. The first-order valence-corrected chi connectivity index (χ1v) is 15.2. The molecule has 1 saturated heterocycles. The third-order valence-electron chi connectivity index (χ3n) is 6.30. The smallest absolute Gasteiger partial charge is 0.253 e. The van der Waals surface area contributed by atoms with E-state index >= 15 is 0 Å². The minimum atomic E-state index is -3.80. The summed E-state index contributed by atoms with van der Waals surface area (Å²) in [6.45, 7) is 2.68. The quantitative estimate of drug-likeness (QED) is 0.358. The van der Waals surface area contributed by atoms with Gasteiger partial charge in [-0.15, -0.1) is 9.93 Å². The van der Waals surface area contributed by atoms with Crippen molar-refractivity contribution in [2.24, 2.45) is 0 Å². The van der Waals surface area contributed by atoms with Crippen LogP contribution in [0.5, 0.6) is 0 Å². The van der Waals surface area contributed by atoms with Gasteiger partial charge in [0, 0.05) is 26.2 Å². The summed E-state index contributed by atoms with van der Waals surface area (Å²) >= 11 is 13.9. The largest absolute Gasteiger partial charge is 0.324 e. The minimum Gasteiger partial charge on any atom is -0.324 e. The molecule has 1 aliphatic carbocycles. The van der Waals surface area contributed by atoms with E-state index in [-0.39, 0.29) is 21.6 Å². The Balaban J connectivity index is 1.19. The predicted octanol–water partition coefficient (Wildman–Crippen LogP) is 3.02. The molecule has 38 heavy (non-hydrogen) atoms. The van der Waals surface area contributed by atoms with Gasteiger partial charge in [-0.2, -0.15) is 4.68 Å². The number of sulfonamides is 1. The Hall–Kier alpha value is -2.26. The number of likely N-dealkylation sites (N-methyl/N-ethyl adjacent to an activating group) is 1. The molecule has 15 heteroatoms. The first-order valence-electron chi connectivity index (χ1n) is 12.0. The zero-order valence-corrected chi connectivity index (χ0v) is 23.6. The molecule has 0 radical (unpaired) electrons. The molecule has 1 saturated carbocycles. The van der Waals surface area contributed by atoms with Gasteiger partial charge in [-0.3, -0.25) is 4.79 Å². The third-order valence-corrected chi connectivity index (χ3v) is 9.21. The number of nitrogens with one attached hydrogen (secondary N) is 2. The van der Waals surface area contributed by atoms with Gasteiger partial charge >= 0.3 is 0 Å². The van der Waals surface area contributed by atoms with Crippen LogP contribution in [0, 0.1) is 0 Å². The molecule has 0 spiro atoms. The molecule has 1 aliphatic heterocycles. The first kappa shape index (κ1) is 27.3. The Morgan fingerprint density at radius 3 is 2.53 bits per heavy atom. The summed E-state index contributed by atoms with van der Waals surface area (Å²) in [4.78, 5) is 17.4. The van der Waals surface area contributed by atoms with Crippen molar-refractivity contribution < 1.29 is 13.2 Å². The average molecular weight is 598 g/mol. The number of piperazine rings is 1. The molecule has 2 heterocycles. The topological polar surface area (TPSA) is 125 Å². The normalized spacial score (nSPS) is 17.0. The fraction of sp³-hybridized carbons (Fsp3) is 0.391. The number of halogens is 2. The van der Waals surface area contributed by atoms with Crippen LogP contribution in [0.4, 0.5) is 5.69 Å². The number of hydrazine groups is 1. The van der Waals surface area contributed by atoms with Gasteiger partial charge in [0.05, 0.1) is 32.1 Å². The minimum absolute atomic E-state index is 0.000505. The molecule has 0 atom stereocenters. The number of thioether (sulfide) groups is 1. The summed E-state index contributed by atoms with van der Waals surface area (Å²) in [5.74, 6) is 0.217. The zero-order valence-electron chi connectivity index (χ0n) is 20.5. The fourth-order valence-electron chi connectivity index (χ4n) is 3.99. The van der Waals surface area contributed by atoms with Crippen LogP contribution in [0.1, 0.15) is 24.3 Å². The second kappa shape index (κ2) is 11.5. The molecule has 3 aromatic rings. The van der Waals surface area contributed by atoms with Gasteiger partial charge in [0.2, 0.25) is 11.1 Å². The van der Waals surface area contributed by atoms with E-state index in [1.165, 1.54) is 41.3 Å². The van der Waals surface area contributed by atoms with E-state index in [0.717, 1.165) is 24.9 Å². The maximum atomic E-state index is 12.8. The van der Waals surface area contributed by atoms with Gasteiger partial charge in [0.25, 0.3) is 10.0 Å². The highest BCUT2D eigenvalue weighted by atomic mass is 35.5. The molecular formula is C23H26Cl2N8O3S2. The molecule has 11 nitrogen and oxygen atoms in total. The fourth-order valence-corrected chi connectivity index (χ4v) is 6.38. The van der Waals surface area contributed by atoms with Gasteiger partial charge in [0.15, 0.2) is 0 Å². The van der Waals surface area contributed by atoms with Crippen LogP contribution >= 0.6 is 35.0 Å². The predicted molar refractivity (Wildman–Crippen MR) is 146 cm³/mol. The molecule has 5 rings (SSSR count). The molecule has 0 bridgehead atoms. The highest BCUT2D eigenvalue weighted by Crippen LogP contribution is 2.41. The summed E-state index contributed by atoms with van der Waals surface area (Å²) < 4.78 is 27.1. The number of benzene rings is 2. The molecule has 2 fully saturated rings. The number of hydrogen-bond acceptors (Lipinski definition) is 9. The van der Waals surface area contributed by atoms with Crippen LogP contribution in [0.3, 0.4) is 0 Å². The van der Waals surface area contributed by atoms with Crippen LogP contribution in [-0.2, 0) is 14.8 Å². The van der Waals surface area contributed by atoms with Crippen molar-refractivity contribution in [3.63, 3.8) is 0 Å². The molecule has 202 valence electrons. The SMILES string of the molecule is CN1CCN(NS(=O)(=O)c2ccc(NC(=O)CSc3nnnn3-c3ccc(C4CC4)cc3Cl)c(Cl)c2)CC1. The zero-order chi connectivity index (χ0) is 26.9. The molecule has 2 aromatic carbocycles. The van der Waals surface area contributed by atoms with E-state index in [9.17, 15) is 13.2 Å². The lowest BCUT2D eigenvalue weighted by atomic mass is 10.1. The van der Waals surface area contributed by atoms with Crippen LogP contribution in [0.25, 0.3) is 5.69 Å². The van der Waals surface area contributed by atoms with Crippen molar-refractivity contribution in [1.82, 2.24) is 34.9 Å². The Labute approximate surface area is 234 Å². The molecule has 1 amide bonds. The molecule has 1 aromatic heterocycles. The number of carbonyl (C=O) groups excluding carboxylic acids is 1. The number of tetrazole rings is 1. The van der Waals surface area contributed by atoms with Gasteiger partial charge < -0.3 is 10.2 Å². The third kappa shape index (κ3) is 6.47. The maximum absolute atomic E-state index is 12.8. The number of aromatic nitrogens is 4. The Morgan fingerprint density at radius 1 is 1.08 bits per heavy atom. The lowest BCUT2D eigenvalue weighted by Crippen LogP contribution is -2.52. The second-order valence-electron chi connectivity index (χ2n) is 9.22. The van der Waals surface area contributed by atoms with Gasteiger partial charge in [-0.1, -0.05) is 41.0 Å². The number of hydrogen-bond donors (Lipinski definition) is 2. The highest BCUT2D eigenvalue weighted by molar-refractivity contribution is 7.99. The lowest BCUT2D eigenvalue weighted by molar-refractivity contribution is -0.113. The van der Waals surface area contributed by atoms with E-state index in [1.807, 2.05) is 25.2 Å². The number of rotatable bonds is 9. The number of amides is 1. The summed E-state index contributed by atoms with van der Waals surface area (Å²) in [6, 6.07) is 10.0. The van der Waals surface area contributed by atoms with Crippen molar-refractivity contribution in [3.05, 3.63) is 52.0 Å². The van der Waals surface area contributed by atoms with Crippen molar-refractivity contribution in [1.29, 1.82) is 0 Å². The van der Waals surface area contributed by atoms with Crippen molar-refractivity contribution in [2.45, 2.75) is 28.8 Å². The van der Waals surface area contributed by atoms with Gasteiger partial charge in [-0.05, 0) is 72.1 Å². The Bertz CT molecular complexity index is 1440. The van der Waals surface area contributed by atoms with E-state index in [4.69, 9.17) is 23.2 Å². The van der Waals surface area contributed by atoms with E-state index in [2.05, 4.69) is 30.6 Å². The molecular weight excluding hydrogens is 571 g/mol. The molecule has 2 N–H and O–H groups in total. The summed E-state index contributed by atoms with van der Waals surface area (Å²) in [5.41, 5.74) is 2.13. The first-order chi connectivity index (χ1) is 18.2. The monoisotopic (exact) mass is 596 g/mol. The van der Waals surface area contributed by atoms with Crippen molar-refractivity contribution in [3.8, 4) is 5.69 Å². The van der Waals surface area contributed by atoms with Crippen LogP contribution in [0.2, 0.25) is 10.0 Å². The van der Waals surface area contributed by atoms with Gasteiger partial charge in [-0.25, -0.2) is 13.4 Å². The number of carbonyl (C=O) groups is 1. The second-order valence-corrected chi connectivity index (χ2v) is 12.6. The van der Waals surface area contributed by atoms with Crippen LogP contribution < -0.4 is 10.1 Å². The number of nitrogens with zero attached hydrogens (tertiary/aromatic N) is 6. The van der Waals surface area contributed by atoms with Crippen molar-refractivity contribution in [2.75, 3.05) is 44.3 Å². The number of anilines is 1. The van der Waals surface area contributed by atoms with E-state index in [1.54, 1.807) is 5.01 Å². The van der Waals surface area contributed by atoms with Crippen molar-refractivity contribution >= 4 is 56.6 Å². The van der Waals surface area contributed by atoms with E-state index < -0.39 is 10.0 Å². The molecule has 2 aliphatic rings. The molecule has 0 unspecified atom stereocenters. The average Bonchev–Trinajstić information content (AvgIpc) is 3.63. The standard InChI is InChI=1S/C23H26Cl2N8O3S2/c1-31-8-10-32(11-9-31)30-38(35,36)17-5-6-20(18(24)13-17)26-22(34)14-37-23-27-28-29-33(23)21-7-4-16(12-19(21)25)15-2-3-15/h4-7,12-13,15,30H,2-3,8-11,14H2,1H3,(H,26,34). The summed E-state index contributed by atoms with van der Waals surface area (Å²) in [6.07, 6.45) is 2.35. The van der Waals surface area contributed by atoms with Crippen LogP contribution in [-0.4, -0.2) is 83.4 Å². The van der Waals surface area contributed by atoms with Gasteiger partial charge in [0.1, 0.15) is 0 Å². The maximum Gasteiger partial charge on any atom is 0.253 e. The summed E-state index contributed by atoms with van der Waals surface area (Å²) in [5, 5.41) is 17.2. The Kier molecular flexibility index (Phi) is 8.24.